The van der Waals surface area contributed by atoms with Crippen LogP contribution < -0.4 is 5.32 Å². The molecule has 0 saturated carbocycles. The zero-order valence-electron chi connectivity index (χ0n) is 9.18. The Hall–Kier alpha value is -0.600. The quantitative estimate of drug-likeness (QED) is 0.807. The average molecular weight is 249 g/mol. The molecule has 0 aliphatic heterocycles. The molecule has 1 rings (SSSR count). The van der Waals surface area contributed by atoms with Crippen LogP contribution in [0.3, 0.4) is 0 Å². The van der Waals surface area contributed by atoms with Crippen molar-refractivity contribution in [3.63, 3.8) is 0 Å². The maximum Gasteiger partial charge on any atom is 0.416 e. The first kappa shape index (κ1) is 13.5. The largest absolute Gasteiger partial charge is 0.416 e. The average Bonchev–Trinajstić information content (AvgIpc) is 2.15. The monoisotopic (exact) mass is 249 g/mol. The lowest BCUT2D eigenvalue weighted by atomic mass is 10.1. The molecule has 0 heterocycles. The zero-order chi connectivity index (χ0) is 12.3. The predicted molar refractivity (Wildman–Crippen MR) is 62.2 cm³/mol. The lowest BCUT2D eigenvalue weighted by molar-refractivity contribution is -0.137. The predicted octanol–water partition coefficient (Wildman–Crippen LogP) is 3.58. The van der Waals surface area contributed by atoms with Crippen molar-refractivity contribution in [2.75, 3.05) is 0 Å². The molecular formula is C11H15F3NP. The van der Waals surface area contributed by atoms with Crippen molar-refractivity contribution in [2.24, 2.45) is 0 Å². The van der Waals surface area contributed by atoms with Gasteiger partial charge in [-0.1, -0.05) is 12.1 Å². The van der Waals surface area contributed by atoms with Gasteiger partial charge in [0.15, 0.2) is 0 Å². The van der Waals surface area contributed by atoms with Crippen LogP contribution in [0, 0.1) is 0 Å². The zero-order valence-corrected chi connectivity index (χ0v) is 10.3. The van der Waals surface area contributed by atoms with E-state index in [2.05, 4.69) is 14.6 Å². The molecule has 1 aromatic carbocycles. The molecule has 0 aliphatic rings. The highest BCUT2D eigenvalue weighted by atomic mass is 31.0. The van der Waals surface area contributed by atoms with Gasteiger partial charge in [-0.2, -0.15) is 13.2 Å². The van der Waals surface area contributed by atoms with Crippen molar-refractivity contribution in [3.8, 4) is 0 Å². The van der Waals surface area contributed by atoms with Gasteiger partial charge in [0.05, 0.1) is 5.56 Å². The minimum atomic E-state index is -4.26. The molecule has 1 unspecified atom stereocenters. The fourth-order valence-electron chi connectivity index (χ4n) is 1.45. The Morgan fingerprint density at radius 2 is 1.62 bits per heavy atom. The maximum absolute atomic E-state index is 12.3. The highest BCUT2D eigenvalue weighted by Crippen LogP contribution is 2.29. The molecule has 0 radical (unpaired) electrons. The molecule has 0 fully saturated rings. The Morgan fingerprint density at radius 1 is 1.12 bits per heavy atom. The SMILES string of the molecule is C[C@H](N[C@@H](C)P)c1ccc(C(F)(F)F)cc1. The minimum absolute atomic E-state index is 0.0368. The van der Waals surface area contributed by atoms with E-state index in [1.54, 1.807) is 0 Å². The van der Waals surface area contributed by atoms with E-state index in [9.17, 15) is 13.2 Å². The Morgan fingerprint density at radius 3 is 2.00 bits per heavy atom. The van der Waals surface area contributed by atoms with Gasteiger partial charge in [0.1, 0.15) is 0 Å². The van der Waals surface area contributed by atoms with Crippen molar-refractivity contribution in [1.29, 1.82) is 0 Å². The molecule has 0 saturated heterocycles. The van der Waals surface area contributed by atoms with Crippen LogP contribution in [-0.4, -0.2) is 5.78 Å². The molecule has 5 heteroatoms. The second kappa shape index (κ2) is 5.15. The van der Waals surface area contributed by atoms with Crippen molar-refractivity contribution in [2.45, 2.75) is 31.8 Å². The van der Waals surface area contributed by atoms with Crippen LogP contribution in [0.5, 0.6) is 0 Å². The Labute approximate surface area is 95.6 Å². The highest BCUT2D eigenvalue weighted by molar-refractivity contribution is 7.17. The van der Waals surface area contributed by atoms with E-state index >= 15 is 0 Å². The van der Waals surface area contributed by atoms with E-state index in [1.165, 1.54) is 12.1 Å². The highest BCUT2D eigenvalue weighted by Gasteiger charge is 2.30. The summed E-state index contributed by atoms with van der Waals surface area (Å²) in [5.41, 5.74) is 0.240. The lowest BCUT2D eigenvalue weighted by Crippen LogP contribution is -2.23. The normalized spacial score (nSPS) is 15.9. The third-order valence-corrected chi connectivity index (χ3v) is 2.44. The van der Waals surface area contributed by atoms with Gasteiger partial charge in [-0.15, -0.1) is 9.24 Å². The molecule has 3 atom stereocenters. The van der Waals surface area contributed by atoms with E-state index in [0.717, 1.165) is 17.7 Å². The van der Waals surface area contributed by atoms with Crippen LogP contribution in [0.15, 0.2) is 24.3 Å². The third-order valence-electron chi connectivity index (χ3n) is 2.25. The first-order chi connectivity index (χ1) is 7.30. The van der Waals surface area contributed by atoms with Gasteiger partial charge in [-0.3, -0.25) is 0 Å². The van der Waals surface area contributed by atoms with Crippen LogP contribution in [0.2, 0.25) is 0 Å². The molecule has 1 nitrogen and oxygen atoms in total. The lowest BCUT2D eigenvalue weighted by Gasteiger charge is -2.17. The van der Waals surface area contributed by atoms with Crippen molar-refractivity contribution in [3.05, 3.63) is 35.4 Å². The number of halogens is 3. The topological polar surface area (TPSA) is 12.0 Å². The van der Waals surface area contributed by atoms with Gasteiger partial charge in [-0.25, -0.2) is 0 Å². The Bertz CT molecular complexity index is 332. The second-order valence-electron chi connectivity index (χ2n) is 3.80. The molecule has 0 spiro atoms. The number of hydrogen-bond donors (Lipinski definition) is 1. The molecule has 1 N–H and O–H groups in total. The fourth-order valence-corrected chi connectivity index (χ4v) is 1.74. The van der Waals surface area contributed by atoms with E-state index in [4.69, 9.17) is 0 Å². The van der Waals surface area contributed by atoms with Crippen LogP contribution >= 0.6 is 9.24 Å². The summed E-state index contributed by atoms with van der Waals surface area (Å²) >= 11 is 0. The maximum atomic E-state index is 12.3. The van der Waals surface area contributed by atoms with Crippen molar-refractivity contribution >= 4 is 9.24 Å². The Balaban J connectivity index is 2.79. The van der Waals surface area contributed by atoms with E-state index < -0.39 is 11.7 Å². The van der Waals surface area contributed by atoms with Gasteiger partial charge >= 0.3 is 6.18 Å². The Kier molecular flexibility index (Phi) is 4.34. The van der Waals surface area contributed by atoms with Gasteiger partial charge < -0.3 is 5.32 Å². The summed E-state index contributed by atoms with van der Waals surface area (Å²) in [6.07, 6.45) is -4.26. The molecule has 1 aromatic rings. The number of rotatable bonds is 3. The number of alkyl halides is 3. The standard InChI is InChI=1S/C11H15F3NP/c1-7(15-8(2)16)9-3-5-10(6-4-9)11(12,13)14/h3-8,15H,16H2,1-2H3/t7-,8+/m0/s1. The molecule has 0 amide bonds. The molecule has 16 heavy (non-hydrogen) atoms. The number of hydrogen-bond acceptors (Lipinski definition) is 1. The number of nitrogens with one attached hydrogen (secondary N) is 1. The van der Waals surface area contributed by atoms with Gasteiger partial charge in [0.2, 0.25) is 0 Å². The van der Waals surface area contributed by atoms with Crippen LogP contribution in [-0.2, 0) is 6.18 Å². The van der Waals surface area contributed by atoms with Crippen molar-refractivity contribution < 1.29 is 13.2 Å². The number of benzene rings is 1. The smallest absolute Gasteiger partial charge is 0.304 e. The van der Waals surface area contributed by atoms with Crippen LogP contribution in [0.4, 0.5) is 13.2 Å². The van der Waals surface area contributed by atoms with E-state index in [1.807, 2.05) is 13.8 Å². The molecular weight excluding hydrogens is 234 g/mol. The summed E-state index contributed by atoms with van der Waals surface area (Å²) in [6.45, 7) is 3.88. The fraction of sp³-hybridized carbons (Fsp3) is 0.455. The summed E-state index contributed by atoms with van der Waals surface area (Å²) in [7, 11) is 2.59. The molecule has 0 aromatic heterocycles. The first-order valence-electron chi connectivity index (χ1n) is 4.99. The third kappa shape index (κ3) is 3.76. The van der Waals surface area contributed by atoms with E-state index in [-0.39, 0.29) is 11.8 Å². The van der Waals surface area contributed by atoms with Gasteiger partial charge in [0, 0.05) is 11.8 Å². The summed E-state index contributed by atoms with van der Waals surface area (Å²) in [4.78, 5) is 0. The summed E-state index contributed by atoms with van der Waals surface area (Å²) in [5.74, 6) is 0.220. The summed E-state index contributed by atoms with van der Waals surface area (Å²) < 4.78 is 36.9. The summed E-state index contributed by atoms with van der Waals surface area (Å²) in [6, 6.07) is 5.28. The van der Waals surface area contributed by atoms with Gasteiger partial charge in [0.25, 0.3) is 0 Å². The van der Waals surface area contributed by atoms with E-state index in [0.29, 0.717) is 0 Å². The van der Waals surface area contributed by atoms with Crippen LogP contribution in [0.1, 0.15) is 31.0 Å². The minimum Gasteiger partial charge on any atom is -0.304 e. The van der Waals surface area contributed by atoms with Crippen LogP contribution in [0.25, 0.3) is 0 Å². The molecule has 0 aliphatic carbocycles. The van der Waals surface area contributed by atoms with Gasteiger partial charge in [-0.05, 0) is 31.5 Å². The molecule has 90 valence electrons. The molecule has 0 bridgehead atoms. The van der Waals surface area contributed by atoms with Crippen molar-refractivity contribution in [1.82, 2.24) is 5.32 Å². The first-order valence-corrected chi connectivity index (χ1v) is 5.66. The summed E-state index contributed by atoms with van der Waals surface area (Å²) in [5, 5.41) is 3.20. The second-order valence-corrected chi connectivity index (χ2v) is 4.80.